The van der Waals surface area contributed by atoms with Crippen LogP contribution in [-0.2, 0) is 5.41 Å². The van der Waals surface area contributed by atoms with Crippen LogP contribution >= 0.6 is 0 Å². The average Bonchev–Trinajstić information content (AvgIpc) is 2.63. The minimum atomic E-state index is -0.546. The normalized spacial score (nSPS) is 25.6. The maximum Gasteiger partial charge on any atom is 0.123 e. The van der Waals surface area contributed by atoms with Gasteiger partial charge in [0.15, 0.2) is 0 Å². The van der Waals surface area contributed by atoms with E-state index >= 15 is 0 Å². The third-order valence-electron chi connectivity index (χ3n) is 5.35. The van der Waals surface area contributed by atoms with Crippen LogP contribution in [0.5, 0.6) is 5.75 Å². The fourth-order valence-electron chi connectivity index (χ4n) is 3.93. The van der Waals surface area contributed by atoms with Gasteiger partial charge in [0.25, 0.3) is 0 Å². The summed E-state index contributed by atoms with van der Waals surface area (Å²) >= 11 is 0. The molecule has 25 heavy (non-hydrogen) atoms. The Hall–Kier alpha value is -2.29. The van der Waals surface area contributed by atoms with Crippen molar-refractivity contribution in [2.75, 3.05) is 6.54 Å². The van der Waals surface area contributed by atoms with E-state index in [1.54, 1.807) is 0 Å². The number of halogens is 1. The van der Waals surface area contributed by atoms with Gasteiger partial charge in [0, 0.05) is 23.6 Å². The first-order valence-electron chi connectivity index (χ1n) is 8.98. The summed E-state index contributed by atoms with van der Waals surface area (Å²) < 4.78 is 14.0. The van der Waals surface area contributed by atoms with Crippen molar-refractivity contribution in [2.45, 2.75) is 38.6 Å². The highest BCUT2D eigenvalue weighted by atomic mass is 19.1. The van der Waals surface area contributed by atoms with E-state index in [2.05, 4.69) is 56.2 Å². The zero-order valence-corrected chi connectivity index (χ0v) is 15.1. The standard InChI is InChI=1S/C22H26FNO/c1-4-17-7-5-6-12-22(17,20-15-19(23)8-9-21(20)25)18-10-13-24(14-11-18)16(2)3/h5-13,15-17,25H,4,14H2,1-3H3. The summed E-state index contributed by atoms with van der Waals surface area (Å²) in [5.74, 6) is -0.0266. The highest BCUT2D eigenvalue weighted by molar-refractivity contribution is 5.56. The van der Waals surface area contributed by atoms with E-state index in [-0.39, 0.29) is 17.5 Å². The van der Waals surface area contributed by atoms with Crippen molar-refractivity contribution < 1.29 is 9.50 Å². The van der Waals surface area contributed by atoms with Gasteiger partial charge >= 0.3 is 0 Å². The molecule has 3 heteroatoms. The molecule has 0 saturated carbocycles. The summed E-state index contributed by atoms with van der Waals surface area (Å²) in [4.78, 5) is 2.26. The minimum absolute atomic E-state index is 0.139. The Morgan fingerprint density at radius 3 is 2.76 bits per heavy atom. The molecule has 2 aliphatic rings. The smallest absolute Gasteiger partial charge is 0.123 e. The van der Waals surface area contributed by atoms with E-state index in [1.807, 2.05) is 12.2 Å². The molecule has 1 aliphatic carbocycles. The van der Waals surface area contributed by atoms with Crippen molar-refractivity contribution in [1.29, 1.82) is 0 Å². The van der Waals surface area contributed by atoms with E-state index in [1.165, 1.54) is 18.2 Å². The lowest BCUT2D eigenvalue weighted by Crippen LogP contribution is -2.38. The van der Waals surface area contributed by atoms with Crippen LogP contribution in [0.1, 0.15) is 32.8 Å². The Bertz CT molecular complexity index is 759. The van der Waals surface area contributed by atoms with E-state index in [4.69, 9.17) is 0 Å². The first kappa shape index (κ1) is 17.5. The van der Waals surface area contributed by atoms with Crippen LogP contribution in [0.4, 0.5) is 4.39 Å². The second-order valence-electron chi connectivity index (χ2n) is 7.05. The van der Waals surface area contributed by atoms with Gasteiger partial charge in [-0.3, -0.25) is 0 Å². The molecule has 1 N–H and O–H groups in total. The maximum atomic E-state index is 14.0. The van der Waals surface area contributed by atoms with Crippen molar-refractivity contribution in [3.05, 3.63) is 77.8 Å². The van der Waals surface area contributed by atoms with Gasteiger partial charge in [-0.1, -0.05) is 37.3 Å². The minimum Gasteiger partial charge on any atom is -0.508 e. The number of phenolic OH excluding ortho intramolecular Hbond substituents is 1. The Kier molecular flexibility index (Phi) is 4.85. The molecule has 1 aromatic carbocycles. The molecule has 0 amide bonds. The lowest BCUT2D eigenvalue weighted by Gasteiger charge is -2.42. The molecule has 0 bridgehead atoms. The first-order chi connectivity index (χ1) is 12.0. The molecule has 3 rings (SSSR count). The van der Waals surface area contributed by atoms with Crippen molar-refractivity contribution in [1.82, 2.24) is 4.90 Å². The summed E-state index contributed by atoms with van der Waals surface area (Å²) in [6, 6.07) is 4.67. The Balaban J connectivity index is 2.15. The van der Waals surface area contributed by atoms with Crippen LogP contribution in [0.3, 0.4) is 0 Å². The van der Waals surface area contributed by atoms with Crippen LogP contribution in [0.2, 0.25) is 0 Å². The van der Waals surface area contributed by atoms with Gasteiger partial charge in [0.05, 0.1) is 0 Å². The number of rotatable bonds is 4. The van der Waals surface area contributed by atoms with Crippen LogP contribution in [-0.4, -0.2) is 22.6 Å². The van der Waals surface area contributed by atoms with E-state index < -0.39 is 5.41 Å². The highest BCUT2D eigenvalue weighted by Crippen LogP contribution is 2.49. The van der Waals surface area contributed by atoms with Gasteiger partial charge in [-0.2, -0.15) is 0 Å². The lowest BCUT2D eigenvalue weighted by molar-refractivity contribution is 0.331. The van der Waals surface area contributed by atoms with Crippen molar-refractivity contribution in [3.8, 4) is 5.75 Å². The number of benzene rings is 1. The molecule has 2 atom stereocenters. The summed E-state index contributed by atoms with van der Waals surface area (Å²) in [6.45, 7) is 7.27. The van der Waals surface area contributed by atoms with Gasteiger partial charge < -0.3 is 10.0 Å². The quantitative estimate of drug-likeness (QED) is 0.826. The fourth-order valence-corrected chi connectivity index (χ4v) is 3.93. The number of hydrogen-bond acceptors (Lipinski definition) is 2. The molecule has 1 aromatic rings. The molecular weight excluding hydrogens is 313 g/mol. The Morgan fingerprint density at radius 1 is 1.32 bits per heavy atom. The molecule has 1 aliphatic heterocycles. The second-order valence-corrected chi connectivity index (χ2v) is 7.05. The van der Waals surface area contributed by atoms with E-state index in [9.17, 15) is 9.50 Å². The van der Waals surface area contributed by atoms with Crippen LogP contribution in [0.15, 0.2) is 66.4 Å². The van der Waals surface area contributed by atoms with Gasteiger partial charge in [-0.05, 0) is 62.2 Å². The van der Waals surface area contributed by atoms with Crippen molar-refractivity contribution >= 4 is 0 Å². The lowest BCUT2D eigenvalue weighted by atomic mass is 9.62. The van der Waals surface area contributed by atoms with Gasteiger partial charge in [-0.25, -0.2) is 4.39 Å². The highest BCUT2D eigenvalue weighted by Gasteiger charge is 2.42. The van der Waals surface area contributed by atoms with Crippen LogP contribution < -0.4 is 0 Å². The van der Waals surface area contributed by atoms with Crippen molar-refractivity contribution in [2.24, 2.45) is 5.92 Å². The molecule has 1 heterocycles. The number of allylic oxidation sites excluding steroid dienone is 6. The molecular formula is C22H26FNO. The monoisotopic (exact) mass is 339 g/mol. The topological polar surface area (TPSA) is 23.5 Å². The molecule has 132 valence electrons. The third kappa shape index (κ3) is 3.04. The van der Waals surface area contributed by atoms with E-state index in [0.29, 0.717) is 11.6 Å². The van der Waals surface area contributed by atoms with Gasteiger partial charge in [0.2, 0.25) is 0 Å². The number of nitrogens with zero attached hydrogens (tertiary/aromatic N) is 1. The second kappa shape index (κ2) is 6.91. The molecule has 2 nitrogen and oxygen atoms in total. The Morgan fingerprint density at radius 2 is 2.12 bits per heavy atom. The predicted octanol–water partition coefficient (Wildman–Crippen LogP) is 5.09. The van der Waals surface area contributed by atoms with Crippen LogP contribution in [0, 0.1) is 11.7 Å². The Labute approximate surface area is 149 Å². The molecule has 0 saturated heterocycles. The van der Waals surface area contributed by atoms with Gasteiger partial charge in [-0.15, -0.1) is 0 Å². The predicted molar refractivity (Wildman–Crippen MR) is 101 cm³/mol. The number of phenols is 1. The SMILES string of the molecule is CCC1C=CC=CC1(C1=CCN(C(C)C)C=C1)c1cc(F)ccc1O. The molecule has 0 spiro atoms. The average molecular weight is 339 g/mol. The number of aromatic hydroxyl groups is 1. The van der Waals surface area contributed by atoms with Gasteiger partial charge in [0.1, 0.15) is 11.6 Å². The summed E-state index contributed by atoms with van der Waals surface area (Å²) in [5.41, 5.74) is 1.20. The van der Waals surface area contributed by atoms with E-state index in [0.717, 1.165) is 18.5 Å². The molecule has 0 fully saturated rings. The largest absolute Gasteiger partial charge is 0.508 e. The fraction of sp³-hybridized carbons (Fsp3) is 0.364. The first-order valence-corrected chi connectivity index (χ1v) is 8.98. The third-order valence-corrected chi connectivity index (χ3v) is 5.35. The zero-order chi connectivity index (χ0) is 18.0. The maximum absolute atomic E-state index is 14.0. The molecule has 2 unspecified atom stereocenters. The van der Waals surface area contributed by atoms with Crippen LogP contribution in [0.25, 0.3) is 0 Å². The summed E-state index contributed by atoms with van der Waals surface area (Å²) in [7, 11) is 0. The molecule has 0 aromatic heterocycles. The zero-order valence-electron chi connectivity index (χ0n) is 15.1. The summed E-state index contributed by atoms with van der Waals surface area (Å²) in [6.07, 6.45) is 15.6. The number of hydrogen-bond donors (Lipinski definition) is 1. The van der Waals surface area contributed by atoms with Crippen molar-refractivity contribution in [3.63, 3.8) is 0 Å². The summed E-state index contributed by atoms with van der Waals surface area (Å²) in [5, 5.41) is 10.6. The molecule has 0 radical (unpaired) electrons.